The van der Waals surface area contributed by atoms with Crippen molar-refractivity contribution in [3.8, 4) is 0 Å². The topological polar surface area (TPSA) is 0 Å². The van der Waals surface area contributed by atoms with Gasteiger partial charge in [0.05, 0.1) is 0 Å². The summed E-state index contributed by atoms with van der Waals surface area (Å²) in [6, 6.07) is 0. The Kier molecular flexibility index (Phi) is 6.08. The summed E-state index contributed by atoms with van der Waals surface area (Å²) in [5.41, 5.74) is 1.28. The van der Waals surface area contributed by atoms with Gasteiger partial charge in [0.1, 0.15) is 0 Å². The maximum absolute atomic E-state index is 3.76. The van der Waals surface area contributed by atoms with Gasteiger partial charge in [-0.2, -0.15) is 0 Å². The summed E-state index contributed by atoms with van der Waals surface area (Å²) < 4.78 is 0. The predicted octanol–water partition coefficient (Wildman–Crippen LogP) is 3.89. The molecule has 0 fully saturated rings. The highest BCUT2D eigenvalue weighted by Crippen LogP contribution is 2.11. The standard InChI is InChI=1S/C12H18/c1-5-7-8-9-12(6-2)10-11(3)4/h5-9,11H,1-2,10H2,3-4H3/b8-7-,12-9+. The molecule has 0 bridgehead atoms. The highest BCUT2D eigenvalue weighted by atomic mass is 14.0. The maximum Gasteiger partial charge on any atom is -0.0256 e. The smallest absolute Gasteiger partial charge is 0.0256 e. The largest absolute Gasteiger partial charge is 0.0991 e. The lowest BCUT2D eigenvalue weighted by Gasteiger charge is -2.03. The lowest BCUT2D eigenvalue weighted by Crippen LogP contribution is -1.87. The zero-order valence-corrected chi connectivity index (χ0v) is 8.09. The minimum atomic E-state index is 0.686. The van der Waals surface area contributed by atoms with Gasteiger partial charge in [-0.15, -0.1) is 0 Å². The van der Waals surface area contributed by atoms with E-state index >= 15 is 0 Å². The zero-order valence-electron chi connectivity index (χ0n) is 8.09. The molecule has 0 aromatic carbocycles. The van der Waals surface area contributed by atoms with Gasteiger partial charge in [0.15, 0.2) is 0 Å². The minimum absolute atomic E-state index is 0.686. The third-order valence-electron chi connectivity index (χ3n) is 1.46. The summed E-state index contributed by atoms with van der Waals surface area (Å²) in [6.45, 7) is 11.8. The second kappa shape index (κ2) is 6.66. The van der Waals surface area contributed by atoms with Crippen LogP contribution in [0.15, 0.2) is 49.1 Å². The van der Waals surface area contributed by atoms with Crippen LogP contribution < -0.4 is 0 Å². The van der Waals surface area contributed by atoms with Crippen LogP contribution in [0.4, 0.5) is 0 Å². The Hall–Kier alpha value is -1.04. The van der Waals surface area contributed by atoms with Crippen LogP contribution in [-0.4, -0.2) is 0 Å². The summed E-state index contributed by atoms with van der Waals surface area (Å²) in [7, 11) is 0. The van der Waals surface area contributed by atoms with E-state index in [0.29, 0.717) is 5.92 Å². The van der Waals surface area contributed by atoms with Crippen LogP contribution in [0.25, 0.3) is 0 Å². The number of rotatable bonds is 5. The van der Waals surface area contributed by atoms with Crippen molar-refractivity contribution < 1.29 is 0 Å². The Labute approximate surface area is 76.0 Å². The first kappa shape index (κ1) is 11.0. The quantitative estimate of drug-likeness (QED) is 0.538. The number of allylic oxidation sites excluding steroid dienone is 6. The van der Waals surface area contributed by atoms with E-state index in [1.165, 1.54) is 5.57 Å². The summed E-state index contributed by atoms with van der Waals surface area (Å²) in [4.78, 5) is 0. The first-order chi connectivity index (χ1) is 5.70. The van der Waals surface area contributed by atoms with Gasteiger partial charge in [-0.25, -0.2) is 0 Å². The third-order valence-corrected chi connectivity index (χ3v) is 1.46. The van der Waals surface area contributed by atoms with E-state index in [0.717, 1.165) is 6.42 Å². The Morgan fingerprint density at radius 2 is 1.92 bits per heavy atom. The fourth-order valence-corrected chi connectivity index (χ4v) is 0.949. The second-order valence-corrected chi connectivity index (χ2v) is 3.16. The van der Waals surface area contributed by atoms with Crippen LogP contribution in [0.5, 0.6) is 0 Å². The van der Waals surface area contributed by atoms with Gasteiger partial charge in [0.25, 0.3) is 0 Å². The number of hydrogen-bond donors (Lipinski definition) is 0. The van der Waals surface area contributed by atoms with Crippen molar-refractivity contribution in [3.63, 3.8) is 0 Å². The van der Waals surface area contributed by atoms with E-state index in [4.69, 9.17) is 0 Å². The molecule has 0 aromatic rings. The summed E-state index contributed by atoms with van der Waals surface area (Å²) in [5.74, 6) is 0.686. The lowest BCUT2D eigenvalue weighted by molar-refractivity contribution is 0.650. The molecule has 0 rings (SSSR count). The molecule has 0 aliphatic rings. The molecule has 0 unspecified atom stereocenters. The molecule has 12 heavy (non-hydrogen) atoms. The van der Waals surface area contributed by atoms with Crippen LogP contribution in [-0.2, 0) is 0 Å². The molecule has 0 atom stereocenters. The molecule has 0 nitrogen and oxygen atoms in total. The van der Waals surface area contributed by atoms with Gasteiger partial charge in [-0.3, -0.25) is 0 Å². The Balaban J connectivity index is 4.12. The molecule has 0 spiro atoms. The summed E-state index contributed by atoms with van der Waals surface area (Å²) >= 11 is 0. The fraction of sp³-hybridized carbons (Fsp3) is 0.333. The van der Waals surface area contributed by atoms with Gasteiger partial charge < -0.3 is 0 Å². The number of hydrogen-bond acceptors (Lipinski definition) is 0. The minimum Gasteiger partial charge on any atom is -0.0991 e. The van der Waals surface area contributed by atoms with E-state index < -0.39 is 0 Å². The first-order valence-electron chi connectivity index (χ1n) is 4.31. The Bertz CT molecular complexity index is 192. The van der Waals surface area contributed by atoms with Crippen LogP contribution in [0.2, 0.25) is 0 Å². The van der Waals surface area contributed by atoms with E-state index in [9.17, 15) is 0 Å². The van der Waals surface area contributed by atoms with Crippen LogP contribution in [0.3, 0.4) is 0 Å². The molecule has 0 saturated carbocycles. The zero-order chi connectivity index (χ0) is 9.40. The molecule has 0 amide bonds. The van der Waals surface area contributed by atoms with Crippen molar-refractivity contribution in [3.05, 3.63) is 49.1 Å². The van der Waals surface area contributed by atoms with Crippen molar-refractivity contribution in [2.45, 2.75) is 20.3 Å². The normalized spacial score (nSPS) is 12.4. The van der Waals surface area contributed by atoms with Crippen molar-refractivity contribution in [2.24, 2.45) is 5.92 Å². The molecule has 0 saturated heterocycles. The second-order valence-electron chi connectivity index (χ2n) is 3.16. The van der Waals surface area contributed by atoms with E-state index in [2.05, 4.69) is 33.1 Å². The first-order valence-corrected chi connectivity index (χ1v) is 4.31. The van der Waals surface area contributed by atoms with Gasteiger partial charge in [-0.05, 0) is 17.9 Å². The molecule has 66 valence electrons. The average molecular weight is 162 g/mol. The van der Waals surface area contributed by atoms with E-state index in [1.54, 1.807) is 6.08 Å². The molecule has 0 aliphatic heterocycles. The van der Waals surface area contributed by atoms with Gasteiger partial charge >= 0.3 is 0 Å². The Morgan fingerprint density at radius 1 is 1.25 bits per heavy atom. The molecule has 0 aromatic heterocycles. The summed E-state index contributed by atoms with van der Waals surface area (Å²) in [6.07, 6.45) is 10.8. The van der Waals surface area contributed by atoms with Crippen molar-refractivity contribution in [1.82, 2.24) is 0 Å². The van der Waals surface area contributed by atoms with Crippen molar-refractivity contribution >= 4 is 0 Å². The highest BCUT2D eigenvalue weighted by molar-refractivity contribution is 5.23. The van der Waals surface area contributed by atoms with Gasteiger partial charge in [0.2, 0.25) is 0 Å². The van der Waals surface area contributed by atoms with Gasteiger partial charge in [-0.1, -0.05) is 57.4 Å². The summed E-state index contributed by atoms with van der Waals surface area (Å²) in [5, 5.41) is 0. The van der Waals surface area contributed by atoms with Gasteiger partial charge in [0, 0.05) is 0 Å². The predicted molar refractivity (Wildman–Crippen MR) is 57.1 cm³/mol. The van der Waals surface area contributed by atoms with E-state index in [1.807, 2.05) is 18.2 Å². The lowest BCUT2D eigenvalue weighted by atomic mass is 10.0. The molecule has 0 aliphatic carbocycles. The molecular weight excluding hydrogens is 144 g/mol. The van der Waals surface area contributed by atoms with Crippen molar-refractivity contribution in [2.75, 3.05) is 0 Å². The molecule has 0 heteroatoms. The molecule has 0 N–H and O–H groups in total. The monoisotopic (exact) mass is 162 g/mol. The van der Waals surface area contributed by atoms with Crippen LogP contribution in [0, 0.1) is 5.92 Å². The SMILES string of the molecule is C=C/C=C\C=C(/C=C)CC(C)C. The molecule has 0 heterocycles. The van der Waals surface area contributed by atoms with Crippen LogP contribution >= 0.6 is 0 Å². The average Bonchev–Trinajstić information content (AvgIpc) is 2.02. The third kappa shape index (κ3) is 5.72. The van der Waals surface area contributed by atoms with E-state index in [-0.39, 0.29) is 0 Å². The molecular formula is C12H18. The highest BCUT2D eigenvalue weighted by Gasteiger charge is 1.94. The Morgan fingerprint density at radius 3 is 2.33 bits per heavy atom. The van der Waals surface area contributed by atoms with Crippen LogP contribution in [0.1, 0.15) is 20.3 Å². The fourth-order valence-electron chi connectivity index (χ4n) is 0.949. The molecule has 0 radical (unpaired) electrons. The van der Waals surface area contributed by atoms with Crippen molar-refractivity contribution in [1.29, 1.82) is 0 Å². The maximum atomic E-state index is 3.76.